The second-order valence-electron chi connectivity index (χ2n) is 8.37. The molecule has 0 saturated heterocycles. The van der Waals surface area contributed by atoms with Gasteiger partial charge in [0.25, 0.3) is 5.91 Å². The number of carbonyl (C=O) groups excluding carboxylic acids is 2. The predicted octanol–water partition coefficient (Wildman–Crippen LogP) is 2.44. The average molecular weight is 486 g/mol. The van der Waals surface area contributed by atoms with Crippen LogP contribution in [0.5, 0.6) is 0 Å². The molecule has 2 aromatic heterocycles. The van der Waals surface area contributed by atoms with Gasteiger partial charge in [-0.15, -0.1) is 0 Å². The lowest BCUT2D eigenvalue weighted by molar-refractivity contribution is -0.116. The van der Waals surface area contributed by atoms with Gasteiger partial charge in [-0.1, -0.05) is 6.07 Å². The lowest BCUT2D eigenvalue weighted by atomic mass is 10.2. The predicted molar refractivity (Wildman–Crippen MR) is 125 cm³/mol. The second-order valence-corrected chi connectivity index (χ2v) is 10.4. The Balaban J connectivity index is 1.46. The molecule has 180 valence electrons. The van der Waals surface area contributed by atoms with Crippen molar-refractivity contribution in [3.8, 4) is 0 Å². The van der Waals surface area contributed by atoms with Crippen LogP contribution in [0.1, 0.15) is 40.3 Å². The number of hydrogen-bond acceptors (Lipinski definition) is 6. The summed E-state index contributed by atoms with van der Waals surface area (Å²) >= 11 is 0. The molecule has 1 aliphatic rings. The average Bonchev–Trinajstić information content (AvgIpc) is 3.35. The highest BCUT2D eigenvalue weighted by atomic mass is 32.2. The molecule has 0 bridgehead atoms. The van der Waals surface area contributed by atoms with Crippen LogP contribution in [-0.4, -0.2) is 47.4 Å². The van der Waals surface area contributed by atoms with Crippen molar-refractivity contribution in [3.63, 3.8) is 0 Å². The van der Waals surface area contributed by atoms with Gasteiger partial charge in [-0.25, -0.2) is 8.42 Å². The number of nitrogens with one attached hydrogen (secondary N) is 2. The van der Waals surface area contributed by atoms with Crippen LogP contribution in [0, 0.1) is 13.8 Å². The first-order valence-corrected chi connectivity index (χ1v) is 12.3. The number of aromatic nitrogens is 2. The van der Waals surface area contributed by atoms with Crippen LogP contribution in [0.3, 0.4) is 0 Å². The lowest BCUT2D eigenvalue weighted by Crippen LogP contribution is -2.27. The molecule has 2 amide bonds. The quantitative estimate of drug-likeness (QED) is 0.479. The van der Waals surface area contributed by atoms with Crippen molar-refractivity contribution < 1.29 is 22.4 Å². The smallest absolute Gasteiger partial charge is 0.251 e. The fraction of sp³-hybridized carbons (Fsp3) is 0.348. The van der Waals surface area contributed by atoms with Crippen LogP contribution < -0.4 is 10.6 Å². The molecule has 2 N–H and O–H groups in total. The summed E-state index contributed by atoms with van der Waals surface area (Å²) in [6.45, 7) is 3.10. The maximum atomic E-state index is 13.2. The number of rotatable bonds is 9. The number of carbonyl (C=O) groups is 2. The SMILES string of the molecule is Cc1nn(CC(=O)Nc2cccc(C(=O)NC3CC3)c2)c(C)c1S(=O)(=O)N(C)Cc1ccco1. The van der Waals surface area contributed by atoms with E-state index in [9.17, 15) is 18.0 Å². The van der Waals surface area contributed by atoms with Gasteiger partial charge in [0, 0.05) is 24.3 Å². The molecule has 34 heavy (non-hydrogen) atoms. The highest BCUT2D eigenvalue weighted by molar-refractivity contribution is 7.89. The molecule has 4 rings (SSSR count). The molecule has 3 aromatic rings. The Labute approximate surface area is 198 Å². The summed E-state index contributed by atoms with van der Waals surface area (Å²) in [5, 5.41) is 9.95. The molecule has 0 spiro atoms. The Morgan fingerprint density at radius 1 is 1.21 bits per heavy atom. The minimum Gasteiger partial charge on any atom is -0.468 e. The molecule has 0 atom stereocenters. The summed E-state index contributed by atoms with van der Waals surface area (Å²) in [4.78, 5) is 25.0. The zero-order chi connectivity index (χ0) is 24.5. The first-order valence-electron chi connectivity index (χ1n) is 10.9. The molecule has 1 aromatic carbocycles. The van der Waals surface area contributed by atoms with Gasteiger partial charge >= 0.3 is 0 Å². The number of sulfonamides is 1. The third-order valence-corrected chi connectivity index (χ3v) is 7.61. The Bertz CT molecular complexity index is 1310. The van der Waals surface area contributed by atoms with Crippen LogP contribution in [-0.2, 0) is 27.9 Å². The second kappa shape index (κ2) is 9.43. The minimum absolute atomic E-state index is 0.0631. The van der Waals surface area contributed by atoms with E-state index >= 15 is 0 Å². The number of anilines is 1. The molecule has 0 unspecified atom stereocenters. The number of furan rings is 1. The van der Waals surface area contributed by atoms with Crippen molar-refractivity contribution in [3.05, 3.63) is 65.4 Å². The Morgan fingerprint density at radius 2 is 1.97 bits per heavy atom. The summed E-state index contributed by atoms with van der Waals surface area (Å²) in [6, 6.07) is 10.3. The molecule has 10 nitrogen and oxygen atoms in total. The van der Waals surface area contributed by atoms with Gasteiger partial charge in [-0.2, -0.15) is 9.40 Å². The summed E-state index contributed by atoms with van der Waals surface area (Å²) in [7, 11) is -2.39. The van der Waals surface area contributed by atoms with E-state index in [2.05, 4.69) is 15.7 Å². The van der Waals surface area contributed by atoms with Gasteiger partial charge in [-0.3, -0.25) is 14.3 Å². The van der Waals surface area contributed by atoms with Crippen molar-refractivity contribution in [2.45, 2.75) is 50.7 Å². The summed E-state index contributed by atoms with van der Waals surface area (Å²) in [5.74, 6) is -0.0508. The fourth-order valence-electron chi connectivity index (χ4n) is 3.64. The highest BCUT2D eigenvalue weighted by Crippen LogP contribution is 2.24. The van der Waals surface area contributed by atoms with Gasteiger partial charge in [0.05, 0.1) is 24.2 Å². The summed E-state index contributed by atoms with van der Waals surface area (Å²) in [5.41, 5.74) is 1.59. The van der Waals surface area contributed by atoms with E-state index in [1.807, 2.05) is 0 Å². The van der Waals surface area contributed by atoms with Gasteiger partial charge in [0.2, 0.25) is 15.9 Å². The van der Waals surface area contributed by atoms with E-state index < -0.39 is 15.9 Å². The largest absolute Gasteiger partial charge is 0.468 e. The third-order valence-electron chi connectivity index (χ3n) is 5.56. The Morgan fingerprint density at radius 3 is 2.65 bits per heavy atom. The van der Waals surface area contributed by atoms with Crippen LogP contribution in [0.15, 0.2) is 52.0 Å². The van der Waals surface area contributed by atoms with Gasteiger partial charge in [-0.05, 0) is 57.0 Å². The molecule has 1 aliphatic carbocycles. The van der Waals surface area contributed by atoms with Crippen LogP contribution >= 0.6 is 0 Å². The molecule has 1 fully saturated rings. The lowest BCUT2D eigenvalue weighted by Gasteiger charge is -2.16. The molecule has 11 heteroatoms. The van der Waals surface area contributed by atoms with E-state index in [0.29, 0.717) is 28.4 Å². The maximum Gasteiger partial charge on any atom is 0.251 e. The number of aryl methyl sites for hydroxylation is 1. The van der Waals surface area contributed by atoms with Gasteiger partial charge in [0.1, 0.15) is 17.2 Å². The number of hydrogen-bond donors (Lipinski definition) is 2. The summed E-state index contributed by atoms with van der Waals surface area (Å²) in [6.07, 6.45) is 3.46. The topological polar surface area (TPSA) is 127 Å². The van der Waals surface area contributed by atoms with Gasteiger partial charge in [0.15, 0.2) is 0 Å². The molecular weight excluding hydrogens is 458 g/mol. The number of nitrogens with zero attached hydrogens (tertiary/aromatic N) is 3. The highest BCUT2D eigenvalue weighted by Gasteiger charge is 2.30. The van der Waals surface area contributed by atoms with Crippen molar-refractivity contribution in [1.29, 1.82) is 0 Å². The summed E-state index contributed by atoms with van der Waals surface area (Å²) < 4.78 is 34.1. The Kier molecular flexibility index (Phi) is 6.58. The molecule has 1 saturated carbocycles. The van der Waals surface area contributed by atoms with Crippen molar-refractivity contribution >= 4 is 27.5 Å². The van der Waals surface area contributed by atoms with Crippen LogP contribution in [0.4, 0.5) is 5.69 Å². The normalized spacial score (nSPS) is 13.8. The van der Waals surface area contributed by atoms with E-state index in [1.54, 1.807) is 50.2 Å². The first kappa shape index (κ1) is 23.7. The zero-order valence-corrected chi connectivity index (χ0v) is 20.1. The molecular formula is C23H27N5O5S. The number of amides is 2. The first-order chi connectivity index (χ1) is 16.1. The monoisotopic (exact) mass is 485 g/mol. The van der Waals surface area contributed by atoms with Crippen LogP contribution in [0.25, 0.3) is 0 Å². The molecule has 0 aliphatic heterocycles. The minimum atomic E-state index is -3.86. The number of benzene rings is 1. The van der Waals surface area contributed by atoms with E-state index in [1.165, 1.54) is 22.3 Å². The maximum absolute atomic E-state index is 13.2. The molecule has 2 heterocycles. The Hall–Kier alpha value is -3.44. The third kappa shape index (κ3) is 5.20. The standard InChI is InChI=1S/C23H27N5O5S/c1-15-22(34(31,32)27(3)13-20-8-5-11-33-20)16(2)28(26-15)14-21(29)24-19-7-4-6-17(12-19)23(30)25-18-9-10-18/h4-8,11-12,18H,9-10,13-14H2,1-3H3,(H,24,29)(H,25,30). The van der Waals surface area contributed by atoms with Crippen molar-refractivity contribution in [2.24, 2.45) is 0 Å². The van der Waals surface area contributed by atoms with E-state index in [0.717, 1.165) is 12.8 Å². The molecule has 0 radical (unpaired) electrons. The zero-order valence-electron chi connectivity index (χ0n) is 19.2. The van der Waals surface area contributed by atoms with Crippen molar-refractivity contribution in [2.75, 3.05) is 12.4 Å². The van der Waals surface area contributed by atoms with E-state index in [-0.39, 0.29) is 29.9 Å². The van der Waals surface area contributed by atoms with Gasteiger partial charge < -0.3 is 15.1 Å². The fourth-order valence-corrected chi connectivity index (χ4v) is 5.14. The van der Waals surface area contributed by atoms with Crippen LogP contribution in [0.2, 0.25) is 0 Å². The van der Waals surface area contributed by atoms with Crippen molar-refractivity contribution in [1.82, 2.24) is 19.4 Å². The van der Waals surface area contributed by atoms with E-state index in [4.69, 9.17) is 4.42 Å².